The highest BCUT2D eigenvalue weighted by Gasteiger charge is 2.32. The predicted octanol–water partition coefficient (Wildman–Crippen LogP) is 2.89. The predicted molar refractivity (Wildman–Crippen MR) is 74.2 cm³/mol. The highest BCUT2D eigenvalue weighted by atomic mass is 15.2. The minimum absolute atomic E-state index is 0.737. The lowest BCUT2D eigenvalue weighted by Crippen LogP contribution is -2.53. The third-order valence-electron chi connectivity index (χ3n) is 4.88. The van der Waals surface area contributed by atoms with Crippen LogP contribution in [0.25, 0.3) is 0 Å². The lowest BCUT2D eigenvalue weighted by Gasteiger charge is -2.43. The van der Waals surface area contributed by atoms with Crippen LogP contribution in [0.15, 0.2) is 0 Å². The van der Waals surface area contributed by atoms with E-state index in [0.717, 1.165) is 30.5 Å². The highest BCUT2D eigenvalue weighted by molar-refractivity contribution is 4.90. The summed E-state index contributed by atoms with van der Waals surface area (Å²) in [5.74, 6) is 1.92. The Morgan fingerprint density at radius 2 is 1.94 bits per heavy atom. The van der Waals surface area contributed by atoms with Gasteiger partial charge in [-0.15, -0.1) is 0 Å². The molecule has 2 nitrogen and oxygen atoms in total. The fourth-order valence-electron chi connectivity index (χ4n) is 3.56. The summed E-state index contributed by atoms with van der Waals surface area (Å²) >= 11 is 0. The molecule has 2 aliphatic carbocycles. The van der Waals surface area contributed by atoms with E-state index < -0.39 is 0 Å². The molecule has 2 rings (SSSR count). The topological polar surface area (TPSA) is 15.3 Å². The number of likely N-dealkylation sites (N-methyl/N-ethyl adjacent to an activating group) is 2. The standard InChI is InChI=1S/C15H30N2/c1-4-16-14-9-8-12(2)10-15(14)17(3)11-13-6-5-7-13/h12-16H,4-11H2,1-3H3. The molecule has 3 unspecified atom stereocenters. The zero-order valence-corrected chi connectivity index (χ0v) is 11.9. The molecule has 3 atom stereocenters. The smallest absolute Gasteiger partial charge is 0.0248 e. The minimum atomic E-state index is 0.737. The van der Waals surface area contributed by atoms with Gasteiger partial charge in [0.15, 0.2) is 0 Å². The molecule has 0 radical (unpaired) electrons. The third kappa shape index (κ3) is 3.45. The molecule has 0 aliphatic heterocycles. The molecule has 2 aliphatic rings. The first-order chi connectivity index (χ1) is 8.20. The van der Waals surface area contributed by atoms with Crippen molar-refractivity contribution in [3.8, 4) is 0 Å². The Morgan fingerprint density at radius 3 is 2.53 bits per heavy atom. The Hall–Kier alpha value is -0.0800. The van der Waals surface area contributed by atoms with Gasteiger partial charge >= 0.3 is 0 Å². The maximum absolute atomic E-state index is 3.70. The molecule has 0 aromatic carbocycles. The summed E-state index contributed by atoms with van der Waals surface area (Å²) in [6.07, 6.45) is 8.58. The SMILES string of the molecule is CCNC1CCC(C)CC1N(C)CC1CCC1. The van der Waals surface area contributed by atoms with Crippen molar-refractivity contribution in [1.82, 2.24) is 10.2 Å². The van der Waals surface area contributed by atoms with Gasteiger partial charge in [0.05, 0.1) is 0 Å². The van der Waals surface area contributed by atoms with Crippen molar-refractivity contribution < 1.29 is 0 Å². The van der Waals surface area contributed by atoms with Crippen molar-refractivity contribution in [1.29, 1.82) is 0 Å². The third-order valence-corrected chi connectivity index (χ3v) is 4.88. The maximum Gasteiger partial charge on any atom is 0.0248 e. The van der Waals surface area contributed by atoms with Gasteiger partial charge in [-0.1, -0.05) is 20.3 Å². The van der Waals surface area contributed by atoms with E-state index in [0.29, 0.717) is 0 Å². The summed E-state index contributed by atoms with van der Waals surface area (Å²) < 4.78 is 0. The van der Waals surface area contributed by atoms with Gasteiger partial charge in [0, 0.05) is 18.6 Å². The molecular formula is C15H30N2. The van der Waals surface area contributed by atoms with Gasteiger partial charge in [-0.3, -0.25) is 0 Å². The number of hydrogen-bond donors (Lipinski definition) is 1. The van der Waals surface area contributed by atoms with Crippen LogP contribution < -0.4 is 5.32 Å². The van der Waals surface area contributed by atoms with Crippen molar-refractivity contribution in [3.05, 3.63) is 0 Å². The Kier molecular flexibility index (Phi) is 4.87. The molecule has 0 aromatic rings. The van der Waals surface area contributed by atoms with Crippen LogP contribution in [-0.4, -0.2) is 37.1 Å². The van der Waals surface area contributed by atoms with Gasteiger partial charge in [-0.25, -0.2) is 0 Å². The van der Waals surface area contributed by atoms with Crippen molar-refractivity contribution >= 4 is 0 Å². The highest BCUT2D eigenvalue weighted by Crippen LogP contribution is 2.31. The van der Waals surface area contributed by atoms with Crippen molar-refractivity contribution in [2.24, 2.45) is 11.8 Å². The number of hydrogen-bond acceptors (Lipinski definition) is 2. The number of nitrogens with one attached hydrogen (secondary N) is 1. The summed E-state index contributed by atoms with van der Waals surface area (Å²) in [4.78, 5) is 2.66. The molecule has 0 amide bonds. The first-order valence-corrected chi connectivity index (χ1v) is 7.64. The largest absolute Gasteiger partial charge is 0.313 e. The first-order valence-electron chi connectivity index (χ1n) is 7.64. The fourth-order valence-corrected chi connectivity index (χ4v) is 3.56. The van der Waals surface area contributed by atoms with E-state index in [9.17, 15) is 0 Å². The Labute approximate surface area is 107 Å². The molecule has 0 saturated heterocycles. The molecule has 0 heterocycles. The van der Waals surface area contributed by atoms with E-state index in [1.165, 1.54) is 45.1 Å². The van der Waals surface area contributed by atoms with Gasteiger partial charge < -0.3 is 10.2 Å². The second-order valence-electron chi connectivity index (χ2n) is 6.39. The summed E-state index contributed by atoms with van der Waals surface area (Å²) in [5.41, 5.74) is 0. The van der Waals surface area contributed by atoms with E-state index in [1.807, 2.05) is 0 Å². The van der Waals surface area contributed by atoms with E-state index in [-0.39, 0.29) is 0 Å². The van der Waals surface area contributed by atoms with E-state index in [4.69, 9.17) is 0 Å². The quantitative estimate of drug-likeness (QED) is 0.792. The Morgan fingerprint density at radius 1 is 1.18 bits per heavy atom. The van der Waals surface area contributed by atoms with Crippen molar-refractivity contribution in [2.75, 3.05) is 20.1 Å². The van der Waals surface area contributed by atoms with Crippen LogP contribution in [0.1, 0.15) is 52.4 Å². The minimum Gasteiger partial charge on any atom is -0.313 e. The van der Waals surface area contributed by atoms with Gasteiger partial charge in [-0.2, -0.15) is 0 Å². The van der Waals surface area contributed by atoms with Crippen LogP contribution in [0.5, 0.6) is 0 Å². The number of nitrogens with zero attached hydrogens (tertiary/aromatic N) is 1. The van der Waals surface area contributed by atoms with Crippen LogP contribution in [0.3, 0.4) is 0 Å². The molecule has 0 aromatic heterocycles. The lowest BCUT2D eigenvalue weighted by molar-refractivity contribution is 0.0934. The number of rotatable bonds is 5. The Balaban J connectivity index is 1.87. The zero-order valence-electron chi connectivity index (χ0n) is 11.9. The van der Waals surface area contributed by atoms with Crippen LogP contribution in [0.4, 0.5) is 0 Å². The second-order valence-corrected chi connectivity index (χ2v) is 6.39. The Bertz CT molecular complexity index is 225. The normalized spacial score (nSPS) is 34.9. The van der Waals surface area contributed by atoms with Crippen LogP contribution in [0, 0.1) is 11.8 Å². The molecule has 2 fully saturated rings. The van der Waals surface area contributed by atoms with Crippen LogP contribution >= 0.6 is 0 Å². The van der Waals surface area contributed by atoms with E-state index >= 15 is 0 Å². The molecule has 2 saturated carbocycles. The zero-order chi connectivity index (χ0) is 12.3. The van der Waals surface area contributed by atoms with Gasteiger partial charge in [0.1, 0.15) is 0 Å². The van der Waals surface area contributed by atoms with Crippen LogP contribution in [0.2, 0.25) is 0 Å². The molecule has 1 N–H and O–H groups in total. The van der Waals surface area contributed by atoms with Gasteiger partial charge in [-0.05, 0) is 57.5 Å². The second kappa shape index (κ2) is 6.19. The average molecular weight is 238 g/mol. The molecule has 0 bridgehead atoms. The molecule has 17 heavy (non-hydrogen) atoms. The van der Waals surface area contributed by atoms with Gasteiger partial charge in [0.2, 0.25) is 0 Å². The van der Waals surface area contributed by atoms with E-state index in [1.54, 1.807) is 0 Å². The van der Waals surface area contributed by atoms with Crippen LogP contribution in [-0.2, 0) is 0 Å². The average Bonchev–Trinajstić information content (AvgIpc) is 2.26. The molecule has 0 spiro atoms. The van der Waals surface area contributed by atoms with Crippen molar-refractivity contribution in [2.45, 2.75) is 64.5 Å². The maximum atomic E-state index is 3.70. The first kappa shape index (κ1) is 13.4. The van der Waals surface area contributed by atoms with Gasteiger partial charge in [0.25, 0.3) is 0 Å². The molecule has 2 heteroatoms. The van der Waals surface area contributed by atoms with E-state index in [2.05, 4.69) is 31.1 Å². The lowest BCUT2D eigenvalue weighted by atomic mass is 9.80. The monoisotopic (exact) mass is 238 g/mol. The summed E-state index contributed by atoms with van der Waals surface area (Å²) in [6, 6.07) is 1.51. The summed E-state index contributed by atoms with van der Waals surface area (Å²) in [5, 5.41) is 3.70. The summed E-state index contributed by atoms with van der Waals surface area (Å²) in [7, 11) is 2.35. The molecular weight excluding hydrogens is 208 g/mol. The summed E-state index contributed by atoms with van der Waals surface area (Å²) in [6.45, 7) is 7.11. The molecule has 100 valence electrons. The van der Waals surface area contributed by atoms with Crippen molar-refractivity contribution in [3.63, 3.8) is 0 Å². The fraction of sp³-hybridized carbons (Fsp3) is 1.00.